The van der Waals surface area contributed by atoms with Crippen molar-refractivity contribution in [2.24, 2.45) is 0 Å². The summed E-state index contributed by atoms with van der Waals surface area (Å²) >= 11 is 5.89. The van der Waals surface area contributed by atoms with Gasteiger partial charge in [0.25, 0.3) is 5.91 Å². The summed E-state index contributed by atoms with van der Waals surface area (Å²) in [5.41, 5.74) is 1.90. The number of aromatic carboxylic acids is 1. The van der Waals surface area contributed by atoms with E-state index in [1.165, 1.54) is 18.2 Å². The van der Waals surface area contributed by atoms with Crippen molar-refractivity contribution in [1.29, 1.82) is 0 Å². The fraction of sp³-hybridized carbons (Fsp3) is 0.200. The van der Waals surface area contributed by atoms with E-state index in [1.54, 1.807) is 4.90 Å². The van der Waals surface area contributed by atoms with Gasteiger partial charge in [0, 0.05) is 18.1 Å². The molecule has 7 nitrogen and oxygen atoms in total. The van der Waals surface area contributed by atoms with E-state index in [0.717, 1.165) is 11.1 Å². The molecule has 0 aliphatic carbocycles. The van der Waals surface area contributed by atoms with Gasteiger partial charge < -0.3 is 24.2 Å². The van der Waals surface area contributed by atoms with Crippen LogP contribution >= 0.6 is 11.6 Å². The molecule has 0 spiro atoms. The third-order valence-electron chi connectivity index (χ3n) is 5.20. The molecule has 1 N–H and O–H groups in total. The summed E-state index contributed by atoms with van der Waals surface area (Å²) in [6.45, 7) is 0.683. The molecule has 3 aromatic carbocycles. The van der Waals surface area contributed by atoms with Gasteiger partial charge in [-0.1, -0.05) is 48.0 Å². The Bertz CT molecular complexity index is 1150. The lowest BCUT2D eigenvalue weighted by Gasteiger charge is -2.23. The standard InChI is InChI=1S/C25H22ClNO6/c26-19-7-9-21(20(13-19)25(29)30)31-15-24(28)27(11-10-17-4-2-1-3-5-17)14-18-6-8-22-23(12-18)33-16-32-22/h1-9,12-13H,10-11,14-16H2,(H,29,30). The van der Waals surface area contributed by atoms with Gasteiger partial charge in [0.2, 0.25) is 6.79 Å². The van der Waals surface area contributed by atoms with Crippen molar-refractivity contribution in [3.63, 3.8) is 0 Å². The van der Waals surface area contributed by atoms with E-state index in [1.807, 2.05) is 48.5 Å². The maximum atomic E-state index is 13.1. The van der Waals surface area contributed by atoms with Crippen LogP contribution in [0.25, 0.3) is 0 Å². The van der Waals surface area contributed by atoms with Gasteiger partial charge in [0.1, 0.15) is 11.3 Å². The molecular weight excluding hydrogens is 446 g/mol. The largest absolute Gasteiger partial charge is 0.483 e. The zero-order valence-electron chi connectivity index (χ0n) is 17.7. The Morgan fingerprint density at radius 3 is 2.55 bits per heavy atom. The van der Waals surface area contributed by atoms with Crippen molar-refractivity contribution in [3.05, 3.63) is 88.4 Å². The van der Waals surface area contributed by atoms with E-state index < -0.39 is 5.97 Å². The monoisotopic (exact) mass is 467 g/mol. The SMILES string of the molecule is O=C(O)c1cc(Cl)ccc1OCC(=O)N(CCc1ccccc1)Cc1ccc2c(c1)OCO2. The fourth-order valence-electron chi connectivity index (χ4n) is 3.49. The van der Waals surface area contributed by atoms with Gasteiger partial charge in [-0.15, -0.1) is 0 Å². The average Bonchev–Trinajstić information content (AvgIpc) is 3.29. The van der Waals surface area contributed by atoms with E-state index in [2.05, 4.69) is 0 Å². The number of halogens is 1. The summed E-state index contributed by atoms with van der Waals surface area (Å²) in [7, 11) is 0. The first-order chi connectivity index (χ1) is 16.0. The number of hydrogen-bond donors (Lipinski definition) is 1. The van der Waals surface area contributed by atoms with E-state index in [0.29, 0.717) is 31.0 Å². The molecule has 1 aliphatic heterocycles. The second-order valence-electron chi connectivity index (χ2n) is 7.47. The lowest BCUT2D eigenvalue weighted by atomic mass is 10.1. The van der Waals surface area contributed by atoms with Gasteiger partial charge in [0.05, 0.1) is 0 Å². The second kappa shape index (κ2) is 10.3. The molecule has 0 saturated heterocycles. The van der Waals surface area contributed by atoms with Crippen LogP contribution < -0.4 is 14.2 Å². The fourth-order valence-corrected chi connectivity index (χ4v) is 3.66. The van der Waals surface area contributed by atoms with Crippen LogP contribution in [0.2, 0.25) is 5.02 Å². The average molecular weight is 468 g/mol. The maximum Gasteiger partial charge on any atom is 0.339 e. The van der Waals surface area contributed by atoms with E-state index in [-0.39, 0.29) is 35.6 Å². The van der Waals surface area contributed by atoms with Gasteiger partial charge in [-0.2, -0.15) is 0 Å². The highest BCUT2D eigenvalue weighted by Crippen LogP contribution is 2.33. The quantitative estimate of drug-likeness (QED) is 0.501. The van der Waals surface area contributed by atoms with Crippen molar-refractivity contribution >= 4 is 23.5 Å². The third-order valence-corrected chi connectivity index (χ3v) is 5.43. The summed E-state index contributed by atoms with van der Waals surface area (Å²) < 4.78 is 16.4. The predicted octanol–water partition coefficient (Wildman–Crippen LogP) is 4.42. The number of ether oxygens (including phenoxy) is 3. The Hall–Kier alpha value is -3.71. The van der Waals surface area contributed by atoms with E-state index >= 15 is 0 Å². The first-order valence-corrected chi connectivity index (χ1v) is 10.7. The Kier molecular flexibility index (Phi) is 7.00. The van der Waals surface area contributed by atoms with Crippen LogP contribution in [0.5, 0.6) is 17.2 Å². The van der Waals surface area contributed by atoms with Gasteiger partial charge in [-0.25, -0.2) is 4.79 Å². The number of amides is 1. The molecule has 0 bridgehead atoms. The second-order valence-corrected chi connectivity index (χ2v) is 7.91. The molecule has 33 heavy (non-hydrogen) atoms. The zero-order valence-corrected chi connectivity index (χ0v) is 18.5. The molecule has 0 fully saturated rings. The van der Waals surface area contributed by atoms with Gasteiger partial charge in [0.15, 0.2) is 18.1 Å². The highest BCUT2D eigenvalue weighted by atomic mass is 35.5. The minimum Gasteiger partial charge on any atom is -0.483 e. The number of carbonyl (C=O) groups is 2. The molecule has 1 heterocycles. The molecule has 3 aromatic rings. The van der Waals surface area contributed by atoms with Crippen molar-refractivity contribution in [3.8, 4) is 17.2 Å². The Balaban J connectivity index is 1.48. The molecule has 1 aliphatic rings. The Morgan fingerprint density at radius 2 is 1.76 bits per heavy atom. The maximum absolute atomic E-state index is 13.1. The van der Waals surface area contributed by atoms with Crippen LogP contribution in [0, 0.1) is 0 Å². The highest BCUT2D eigenvalue weighted by molar-refractivity contribution is 6.31. The first-order valence-electron chi connectivity index (χ1n) is 10.4. The Morgan fingerprint density at radius 1 is 0.970 bits per heavy atom. The number of hydrogen-bond acceptors (Lipinski definition) is 5. The smallest absolute Gasteiger partial charge is 0.339 e. The van der Waals surface area contributed by atoms with Crippen LogP contribution in [-0.2, 0) is 17.8 Å². The van der Waals surface area contributed by atoms with Crippen LogP contribution in [0.3, 0.4) is 0 Å². The van der Waals surface area contributed by atoms with Gasteiger partial charge in [-0.3, -0.25) is 4.79 Å². The minimum absolute atomic E-state index is 0.0892. The summed E-state index contributed by atoms with van der Waals surface area (Å²) in [5.74, 6) is -0.0397. The van der Waals surface area contributed by atoms with Crippen molar-refractivity contribution < 1.29 is 28.9 Å². The predicted molar refractivity (Wildman–Crippen MR) is 122 cm³/mol. The van der Waals surface area contributed by atoms with Crippen molar-refractivity contribution in [2.75, 3.05) is 19.9 Å². The number of fused-ring (bicyclic) bond motifs is 1. The minimum atomic E-state index is -1.18. The molecule has 0 saturated carbocycles. The number of nitrogens with zero attached hydrogens (tertiary/aromatic N) is 1. The molecule has 170 valence electrons. The summed E-state index contributed by atoms with van der Waals surface area (Å²) in [5, 5.41) is 9.67. The molecular formula is C25H22ClNO6. The number of carboxylic acids is 1. The normalized spacial score (nSPS) is 11.8. The molecule has 0 aromatic heterocycles. The highest BCUT2D eigenvalue weighted by Gasteiger charge is 2.20. The van der Waals surface area contributed by atoms with Crippen molar-refractivity contribution in [2.45, 2.75) is 13.0 Å². The first kappa shape index (κ1) is 22.5. The molecule has 4 rings (SSSR count). The summed E-state index contributed by atoms with van der Waals surface area (Å²) in [6.07, 6.45) is 0.665. The number of carbonyl (C=O) groups excluding carboxylic acids is 1. The molecule has 0 atom stereocenters. The summed E-state index contributed by atoms with van der Waals surface area (Å²) in [4.78, 5) is 26.3. The molecule has 0 radical (unpaired) electrons. The molecule has 1 amide bonds. The Labute approximate surface area is 196 Å². The number of carboxylic acid groups (broad SMARTS) is 1. The number of rotatable bonds is 9. The van der Waals surface area contributed by atoms with Crippen molar-refractivity contribution in [1.82, 2.24) is 4.90 Å². The molecule has 0 unspecified atom stereocenters. The third kappa shape index (κ3) is 5.75. The van der Waals surface area contributed by atoms with Crippen LogP contribution in [0.4, 0.5) is 0 Å². The van der Waals surface area contributed by atoms with Crippen LogP contribution in [-0.4, -0.2) is 41.8 Å². The molecule has 8 heteroatoms. The van der Waals surface area contributed by atoms with E-state index in [9.17, 15) is 14.7 Å². The topological polar surface area (TPSA) is 85.3 Å². The van der Waals surface area contributed by atoms with Gasteiger partial charge in [-0.05, 0) is 47.9 Å². The lowest BCUT2D eigenvalue weighted by Crippen LogP contribution is -2.36. The summed E-state index contributed by atoms with van der Waals surface area (Å²) in [6, 6.07) is 19.7. The van der Waals surface area contributed by atoms with Crippen LogP contribution in [0.1, 0.15) is 21.5 Å². The lowest BCUT2D eigenvalue weighted by molar-refractivity contribution is -0.134. The zero-order chi connectivity index (χ0) is 23.2. The van der Waals surface area contributed by atoms with Gasteiger partial charge >= 0.3 is 5.97 Å². The van der Waals surface area contributed by atoms with E-state index in [4.69, 9.17) is 25.8 Å². The number of benzene rings is 3. The van der Waals surface area contributed by atoms with Crippen LogP contribution in [0.15, 0.2) is 66.7 Å².